The quantitative estimate of drug-likeness (QED) is 0.687. The normalized spacial score (nSPS) is 15.1. The highest BCUT2D eigenvalue weighted by atomic mass is 16.5. The maximum absolute atomic E-state index is 5.55. The summed E-state index contributed by atoms with van der Waals surface area (Å²) in [4.78, 5) is 11.5. The Bertz CT molecular complexity index is 1100. The molecule has 0 fully saturated rings. The van der Waals surface area contributed by atoms with Gasteiger partial charge in [0, 0.05) is 34.4 Å². The van der Waals surface area contributed by atoms with Gasteiger partial charge in [0.2, 0.25) is 0 Å². The molecule has 3 aromatic rings. The Morgan fingerprint density at radius 1 is 0.893 bits per heavy atom. The second-order valence-electron chi connectivity index (χ2n) is 6.77. The van der Waals surface area contributed by atoms with E-state index in [-0.39, 0.29) is 0 Å². The van der Waals surface area contributed by atoms with Crippen LogP contribution in [-0.2, 0) is 4.74 Å². The highest BCUT2D eigenvalue weighted by molar-refractivity contribution is 6.13. The average molecular weight is 377 g/mol. The van der Waals surface area contributed by atoms with E-state index in [0.717, 1.165) is 45.2 Å². The summed E-state index contributed by atoms with van der Waals surface area (Å²) in [7, 11) is 4.92. The topological polar surface area (TPSA) is 71.6 Å². The van der Waals surface area contributed by atoms with Crippen molar-refractivity contribution >= 4 is 22.7 Å². The van der Waals surface area contributed by atoms with Crippen LogP contribution in [0.5, 0.6) is 11.5 Å². The number of hydrogen-bond donors (Lipinski definition) is 2. The van der Waals surface area contributed by atoms with Crippen LogP contribution >= 0.6 is 0 Å². The van der Waals surface area contributed by atoms with E-state index in [0.29, 0.717) is 11.5 Å². The molecule has 0 bridgehead atoms. The van der Waals surface area contributed by atoms with Gasteiger partial charge < -0.3 is 24.2 Å². The van der Waals surface area contributed by atoms with Crippen LogP contribution in [-0.4, -0.2) is 37.0 Å². The Kier molecular flexibility index (Phi) is 4.47. The number of aliphatic imine (C=N–C) groups is 1. The van der Waals surface area contributed by atoms with Crippen molar-refractivity contribution in [3.8, 4) is 11.5 Å². The van der Waals surface area contributed by atoms with Crippen molar-refractivity contribution in [1.82, 2.24) is 9.97 Å². The van der Waals surface area contributed by atoms with Gasteiger partial charge in [0.1, 0.15) is 11.5 Å². The van der Waals surface area contributed by atoms with Crippen molar-refractivity contribution in [3.63, 3.8) is 0 Å². The lowest BCUT2D eigenvalue weighted by Crippen LogP contribution is -1.93. The van der Waals surface area contributed by atoms with E-state index in [1.807, 2.05) is 37.3 Å². The summed E-state index contributed by atoms with van der Waals surface area (Å²) in [5.41, 5.74) is 6.79. The maximum atomic E-state index is 5.55. The maximum Gasteiger partial charge on any atom is 0.162 e. The Balaban J connectivity index is 1.76. The second-order valence-corrected chi connectivity index (χ2v) is 6.77. The molecule has 3 heterocycles. The summed E-state index contributed by atoms with van der Waals surface area (Å²) in [5, 5.41) is 1.02. The van der Waals surface area contributed by atoms with Crippen LogP contribution in [0.4, 0.5) is 0 Å². The zero-order valence-corrected chi connectivity index (χ0v) is 16.6. The first-order valence-corrected chi connectivity index (χ1v) is 9.00. The summed E-state index contributed by atoms with van der Waals surface area (Å²) in [6.07, 6.45) is 3.95. The van der Waals surface area contributed by atoms with Gasteiger partial charge in [-0.05, 0) is 43.7 Å². The minimum absolute atomic E-state index is 0.683. The number of hydrogen-bond acceptors (Lipinski definition) is 4. The van der Waals surface area contributed by atoms with E-state index in [2.05, 4.69) is 23.0 Å². The number of aromatic nitrogens is 2. The Labute approximate surface area is 163 Å². The van der Waals surface area contributed by atoms with E-state index >= 15 is 0 Å². The third-order valence-electron chi connectivity index (χ3n) is 4.85. The summed E-state index contributed by atoms with van der Waals surface area (Å²) in [5.74, 6) is 2.11. The second kappa shape index (κ2) is 6.96. The minimum atomic E-state index is 0.683. The molecule has 0 radical (unpaired) electrons. The van der Waals surface area contributed by atoms with Crippen molar-refractivity contribution in [2.45, 2.75) is 13.8 Å². The number of aryl methyl sites for hydroxylation is 2. The zero-order chi connectivity index (χ0) is 19.8. The largest absolute Gasteiger partial charge is 0.494 e. The number of aromatic amines is 2. The number of ether oxygens (including phenoxy) is 3. The molecule has 0 saturated heterocycles. The number of nitrogens with zero attached hydrogens (tertiary/aromatic N) is 1. The molecule has 6 heteroatoms. The van der Waals surface area contributed by atoms with Crippen molar-refractivity contribution in [2.24, 2.45) is 4.99 Å². The fourth-order valence-electron chi connectivity index (χ4n) is 3.45. The van der Waals surface area contributed by atoms with Crippen molar-refractivity contribution in [1.29, 1.82) is 0 Å². The monoisotopic (exact) mass is 377 g/mol. The molecule has 0 amide bonds. The zero-order valence-electron chi connectivity index (χ0n) is 16.6. The molecule has 0 aliphatic carbocycles. The summed E-state index contributed by atoms with van der Waals surface area (Å²) in [6.45, 7) is 4.11. The van der Waals surface area contributed by atoms with E-state index in [4.69, 9.17) is 19.2 Å². The van der Waals surface area contributed by atoms with E-state index in [1.165, 1.54) is 5.56 Å². The minimum Gasteiger partial charge on any atom is -0.494 e. The molecule has 4 rings (SSSR count). The molecule has 2 aromatic heterocycles. The first kappa shape index (κ1) is 18.0. The Morgan fingerprint density at radius 2 is 1.64 bits per heavy atom. The molecule has 144 valence electrons. The van der Waals surface area contributed by atoms with Gasteiger partial charge in [-0.2, -0.15) is 0 Å². The van der Waals surface area contributed by atoms with Crippen LogP contribution in [0.1, 0.15) is 22.6 Å². The SMILES string of the molecule is COC1=CC(c2cc3cc(OC)c(OC)cc3[nH]2)=N/C1=C\c1[nH]c(C)cc1C. The molecule has 28 heavy (non-hydrogen) atoms. The molecule has 0 atom stereocenters. The summed E-state index contributed by atoms with van der Waals surface area (Å²) >= 11 is 0. The highest BCUT2D eigenvalue weighted by Gasteiger charge is 2.19. The van der Waals surface area contributed by atoms with Gasteiger partial charge in [-0.15, -0.1) is 0 Å². The van der Waals surface area contributed by atoms with E-state index < -0.39 is 0 Å². The fourth-order valence-corrected chi connectivity index (χ4v) is 3.45. The number of allylic oxidation sites excluding steroid dienone is 1. The number of fused-ring (bicyclic) bond motifs is 1. The third-order valence-corrected chi connectivity index (χ3v) is 4.85. The van der Waals surface area contributed by atoms with Gasteiger partial charge in [-0.3, -0.25) is 0 Å². The van der Waals surface area contributed by atoms with E-state index in [1.54, 1.807) is 21.3 Å². The molecule has 0 spiro atoms. The van der Waals surface area contributed by atoms with Gasteiger partial charge in [0.25, 0.3) is 0 Å². The van der Waals surface area contributed by atoms with E-state index in [9.17, 15) is 0 Å². The number of H-pyrrole nitrogens is 2. The van der Waals surface area contributed by atoms with Crippen LogP contribution in [0.2, 0.25) is 0 Å². The third kappa shape index (κ3) is 3.07. The van der Waals surface area contributed by atoms with Gasteiger partial charge in [-0.25, -0.2) is 4.99 Å². The van der Waals surface area contributed by atoms with Crippen LogP contribution < -0.4 is 9.47 Å². The number of benzene rings is 1. The van der Waals surface area contributed by atoms with Gasteiger partial charge in [-0.1, -0.05) is 0 Å². The standard InChI is InChI=1S/C22H23N3O3/c1-12-6-13(2)23-15(12)9-19-20(26-3)11-18(25-19)17-7-14-8-21(27-4)22(28-5)10-16(14)24-17/h6-11,23-24H,1-5H3/b19-9-. The number of rotatable bonds is 5. The van der Waals surface area contributed by atoms with Crippen molar-refractivity contribution < 1.29 is 14.2 Å². The fraction of sp³-hybridized carbons (Fsp3) is 0.227. The van der Waals surface area contributed by atoms with Crippen molar-refractivity contribution in [2.75, 3.05) is 21.3 Å². The molecule has 1 aliphatic heterocycles. The van der Waals surface area contributed by atoms with Gasteiger partial charge in [0.15, 0.2) is 11.5 Å². The Morgan fingerprint density at radius 3 is 2.29 bits per heavy atom. The molecule has 2 N–H and O–H groups in total. The smallest absolute Gasteiger partial charge is 0.162 e. The summed E-state index contributed by atoms with van der Waals surface area (Å²) < 4.78 is 16.3. The predicted molar refractivity (Wildman–Crippen MR) is 111 cm³/mol. The summed E-state index contributed by atoms with van der Waals surface area (Å²) in [6, 6.07) is 8.04. The van der Waals surface area contributed by atoms with Gasteiger partial charge >= 0.3 is 0 Å². The predicted octanol–water partition coefficient (Wildman–Crippen LogP) is 4.50. The number of nitrogens with one attached hydrogen (secondary N) is 2. The first-order chi connectivity index (χ1) is 13.5. The molecule has 1 aliphatic rings. The van der Waals surface area contributed by atoms with Gasteiger partial charge in [0.05, 0.1) is 32.7 Å². The molecule has 0 saturated carbocycles. The molecule has 1 aromatic carbocycles. The lowest BCUT2D eigenvalue weighted by molar-refractivity contribution is 0.303. The van der Waals surface area contributed by atoms with Crippen LogP contribution in [0, 0.1) is 13.8 Å². The lowest BCUT2D eigenvalue weighted by Gasteiger charge is -2.06. The van der Waals surface area contributed by atoms with Crippen molar-refractivity contribution in [3.05, 3.63) is 64.4 Å². The highest BCUT2D eigenvalue weighted by Crippen LogP contribution is 2.33. The Hall–Kier alpha value is -3.41. The molecular weight excluding hydrogens is 354 g/mol. The van der Waals surface area contributed by atoms with Crippen LogP contribution in [0.25, 0.3) is 17.0 Å². The molecule has 6 nitrogen and oxygen atoms in total. The molecule has 0 unspecified atom stereocenters. The first-order valence-electron chi connectivity index (χ1n) is 9.00. The van der Waals surface area contributed by atoms with Crippen LogP contribution in [0.3, 0.4) is 0 Å². The molecular formula is C22H23N3O3. The lowest BCUT2D eigenvalue weighted by atomic mass is 10.2. The average Bonchev–Trinajstić information content (AvgIpc) is 3.36. The van der Waals surface area contributed by atoms with Crippen LogP contribution in [0.15, 0.2) is 46.8 Å². The number of methoxy groups -OCH3 is 3.